The van der Waals surface area contributed by atoms with Gasteiger partial charge in [0.05, 0.1) is 19.3 Å². The molecule has 148 valence electrons. The van der Waals surface area contributed by atoms with Gasteiger partial charge in [0.25, 0.3) is 5.09 Å². The lowest BCUT2D eigenvalue weighted by Gasteiger charge is -2.39. The minimum atomic E-state index is -1.90. The molecular weight excluding hydrogens is 366 g/mol. The number of nitrogens with two attached hydrogens (primary N) is 1. The number of esters is 1. The van der Waals surface area contributed by atoms with Crippen LogP contribution in [0.5, 0.6) is 0 Å². The first kappa shape index (κ1) is 22.2. The number of carbonyl (C=O) groups excluding carboxylic acids is 3. The van der Waals surface area contributed by atoms with Crippen molar-refractivity contribution < 1.29 is 29.0 Å². The third kappa shape index (κ3) is 4.44. The van der Waals surface area contributed by atoms with Gasteiger partial charge in [-0.1, -0.05) is 13.8 Å². The Morgan fingerprint density at radius 3 is 2.46 bits per heavy atom. The van der Waals surface area contributed by atoms with Crippen molar-refractivity contribution in [1.29, 1.82) is 0 Å². The molecule has 0 spiro atoms. The zero-order valence-corrected chi connectivity index (χ0v) is 15.9. The highest BCUT2D eigenvalue weighted by Crippen LogP contribution is 2.37. The van der Waals surface area contributed by atoms with Gasteiger partial charge in [0.15, 0.2) is 5.78 Å². The van der Waals surface area contributed by atoms with Crippen LogP contribution in [0.4, 0.5) is 0 Å². The number of carbonyl (C=O) groups is 3. The molecule has 1 rings (SSSR count). The molecule has 26 heavy (non-hydrogen) atoms. The normalized spacial score (nSPS) is 23.6. The maximum Gasteiger partial charge on any atom is 0.341 e. The lowest BCUT2D eigenvalue weighted by molar-refractivity contribution is -0.757. The molecule has 1 fully saturated rings. The smallest absolute Gasteiger partial charge is 0.341 e. The second kappa shape index (κ2) is 9.17. The van der Waals surface area contributed by atoms with Gasteiger partial charge in [0, 0.05) is 24.1 Å². The molecule has 0 aromatic carbocycles. The quantitative estimate of drug-likeness (QED) is 0.139. The fourth-order valence-corrected chi connectivity index (χ4v) is 3.36. The number of ketones is 1. The van der Waals surface area contributed by atoms with E-state index < -0.39 is 39.6 Å². The van der Waals surface area contributed by atoms with E-state index in [1.165, 1.54) is 11.8 Å². The number of thiol groups is 1. The molecule has 0 bridgehead atoms. The van der Waals surface area contributed by atoms with E-state index >= 15 is 0 Å². The first-order valence-corrected chi connectivity index (χ1v) is 8.82. The third-order valence-electron chi connectivity index (χ3n) is 4.11. The van der Waals surface area contributed by atoms with E-state index in [1.807, 2.05) is 0 Å². The van der Waals surface area contributed by atoms with Gasteiger partial charge >= 0.3 is 5.97 Å². The van der Waals surface area contributed by atoms with E-state index in [0.717, 1.165) is 0 Å². The van der Waals surface area contributed by atoms with Crippen LogP contribution in [0, 0.1) is 16.0 Å². The lowest BCUT2D eigenvalue weighted by Crippen LogP contribution is -2.66. The minimum absolute atomic E-state index is 0.0601. The predicted octanol–water partition coefficient (Wildman–Crippen LogP) is -0.0302. The molecule has 0 radical (unpaired) electrons. The maximum absolute atomic E-state index is 12.9. The number of rotatable bonds is 9. The number of amides is 1. The van der Waals surface area contributed by atoms with Crippen LogP contribution in [0.15, 0.2) is 0 Å². The van der Waals surface area contributed by atoms with Gasteiger partial charge in [0.1, 0.15) is 0 Å². The molecule has 2 N–H and O–H groups in total. The van der Waals surface area contributed by atoms with Crippen LogP contribution in [0.1, 0.15) is 33.6 Å². The average Bonchev–Trinajstić information content (AvgIpc) is 2.90. The molecule has 0 aromatic heterocycles. The molecule has 1 unspecified atom stereocenters. The summed E-state index contributed by atoms with van der Waals surface area (Å²) < 4.78 is 5.15. The SMILES string of the molecule is CC(C)C(=O)N1CCC(S)[C@@]1(C(=O)OCCCO[N+](=O)[O-])C(=O)[C@H](C)N. The fourth-order valence-electron chi connectivity index (χ4n) is 2.88. The van der Waals surface area contributed by atoms with Crippen LogP contribution in [0.25, 0.3) is 0 Å². The molecule has 1 aliphatic rings. The molecule has 0 saturated carbocycles. The molecule has 3 atom stereocenters. The van der Waals surface area contributed by atoms with Crippen LogP contribution in [0.2, 0.25) is 0 Å². The molecule has 1 amide bonds. The highest BCUT2D eigenvalue weighted by Gasteiger charge is 2.62. The number of hydrogen-bond acceptors (Lipinski definition) is 9. The Morgan fingerprint density at radius 1 is 1.35 bits per heavy atom. The highest BCUT2D eigenvalue weighted by atomic mass is 32.1. The average molecular weight is 391 g/mol. The second-order valence-corrected chi connectivity index (χ2v) is 7.04. The van der Waals surface area contributed by atoms with E-state index in [4.69, 9.17) is 10.5 Å². The summed E-state index contributed by atoms with van der Waals surface area (Å²) in [6, 6.07) is -1.00. The Kier molecular flexibility index (Phi) is 7.82. The first-order chi connectivity index (χ1) is 12.1. The summed E-state index contributed by atoms with van der Waals surface area (Å²) in [6.45, 7) is 4.48. The molecule has 0 aliphatic carbocycles. The monoisotopic (exact) mass is 391 g/mol. The second-order valence-electron chi connectivity index (χ2n) is 6.41. The minimum Gasteiger partial charge on any atom is -0.464 e. The third-order valence-corrected chi connectivity index (χ3v) is 4.74. The molecule has 0 aromatic rings. The van der Waals surface area contributed by atoms with Gasteiger partial charge < -0.3 is 20.2 Å². The van der Waals surface area contributed by atoms with Gasteiger partial charge in [-0.15, -0.1) is 10.1 Å². The zero-order valence-electron chi connectivity index (χ0n) is 15.0. The van der Waals surface area contributed by atoms with Gasteiger partial charge in [-0.3, -0.25) is 9.59 Å². The van der Waals surface area contributed by atoms with Crippen LogP contribution < -0.4 is 5.73 Å². The van der Waals surface area contributed by atoms with Crippen LogP contribution in [-0.2, 0) is 24.0 Å². The van der Waals surface area contributed by atoms with Crippen molar-refractivity contribution in [2.24, 2.45) is 11.7 Å². The number of Topliss-reactive ketones (excluding diaryl/α,β-unsaturated/α-hetero) is 1. The summed E-state index contributed by atoms with van der Waals surface area (Å²) in [5, 5.41) is 8.40. The maximum atomic E-state index is 12.9. The Balaban J connectivity index is 3.05. The van der Waals surface area contributed by atoms with Crippen molar-refractivity contribution in [1.82, 2.24) is 4.90 Å². The topological polar surface area (TPSA) is 142 Å². The molecule has 10 nitrogen and oxygen atoms in total. The van der Waals surface area contributed by atoms with Crippen molar-refractivity contribution in [3.8, 4) is 0 Å². The summed E-state index contributed by atoms with van der Waals surface area (Å²) in [5.74, 6) is -2.37. The van der Waals surface area contributed by atoms with Crippen LogP contribution >= 0.6 is 12.6 Å². The van der Waals surface area contributed by atoms with E-state index in [1.54, 1.807) is 13.8 Å². The summed E-state index contributed by atoms with van der Waals surface area (Å²) in [7, 11) is 0. The summed E-state index contributed by atoms with van der Waals surface area (Å²) in [4.78, 5) is 53.7. The van der Waals surface area contributed by atoms with Gasteiger partial charge in [0.2, 0.25) is 11.4 Å². The first-order valence-electron chi connectivity index (χ1n) is 8.30. The number of ether oxygens (including phenoxy) is 1. The molecule has 11 heteroatoms. The number of hydrogen-bond donors (Lipinski definition) is 2. The van der Waals surface area contributed by atoms with E-state index in [9.17, 15) is 24.5 Å². The van der Waals surface area contributed by atoms with E-state index in [-0.39, 0.29) is 32.1 Å². The van der Waals surface area contributed by atoms with Crippen LogP contribution in [-0.4, -0.2) is 64.2 Å². The van der Waals surface area contributed by atoms with Gasteiger partial charge in [-0.05, 0) is 13.3 Å². The summed E-state index contributed by atoms with van der Waals surface area (Å²) in [6.07, 6.45) is 0.393. The number of likely N-dealkylation sites (tertiary alicyclic amines) is 1. The molecule has 1 heterocycles. The van der Waals surface area contributed by atoms with Gasteiger partial charge in [-0.25, -0.2) is 4.79 Å². The molecular formula is C15H25N3O7S. The fraction of sp³-hybridized carbons (Fsp3) is 0.800. The summed E-state index contributed by atoms with van der Waals surface area (Å²) in [5.41, 5.74) is 3.82. The highest BCUT2D eigenvalue weighted by molar-refractivity contribution is 7.81. The Bertz CT molecular complexity index is 569. The van der Waals surface area contributed by atoms with Crippen LogP contribution in [0.3, 0.4) is 0 Å². The van der Waals surface area contributed by atoms with E-state index in [0.29, 0.717) is 6.42 Å². The Morgan fingerprint density at radius 2 is 1.96 bits per heavy atom. The van der Waals surface area contributed by atoms with Crippen molar-refractivity contribution >= 4 is 30.3 Å². The molecule has 1 aliphatic heterocycles. The van der Waals surface area contributed by atoms with Gasteiger partial charge in [-0.2, -0.15) is 12.6 Å². The zero-order chi connectivity index (χ0) is 20.1. The summed E-state index contributed by atoms with van der Waals surface area (Å²) >= 11 is 4.37. The predicted molar refractivity (Wildman–Crippen MR) is 93.9 cm³/mol. The molecule has 1 saturated heterocycles. The largest absolute Gasteiger partial charge is 0.464 e. The van der Waals surface area contributed by atoms with E-state index in [2.05, 4.69) is 17.5 Å². The Labute approximate surface area is 156 Å². The van der Waals surface area contributed by atoms with Crippen molar-refractivity contribution in [3.63, 3.8) is 0 Å². The van der Waals surface area contributed by atoms with Crippen molar-refractivity contribution in [2.75, 3.05) is 19.8 Å². The van der Waals surface area contributed by atoms with Crippen molar-refractivity contribution in [2.45, 2.75) is 50.4 Å². The lowest BCUT2D eigenvalue weighted by atomic mass is 9.86. The van der Waals surface area contributed by atoms with Crippen molar-refractivity contribution in [3.05, 3.63) is 10.1 Å². The number of nitrogens with zero attached hydrogens (tertiary/aromatic N) is 2. The Hall–Kier alpha value is -1.88. The standard InChI is InChI=1S/C15H25N3O7S/c1-9(2)13(20)17-6-5-11(26)15(17,12(19)10(3)16)14(21)24-7-4-8-25-18(22)23/h9-11,26H,4-8,16H2,1-3H3/t10-,11?,15-/m0/s1.